The van der Waals surface area contributed by atoms with Gasteiger partial charge in [-0.05, 0) is 19.1 Å². The minimum Gasteiger partial charge on any atom is -0.356 e. The maximum atomic E-state index is 8.25. The van der Waals surface area contributed by atoms with Crippen molar-refractivity contribution in [2.45, 2.75) is 6.92 Å². The van der Waals surface area contributed by atoms with Crippen LogP contribution in [0.4, 0.5) is 5.69 Å². The van der Waals surface area contributed by atoms with Crippen LogP contribution in [0.1, 0.15) is 6.92 Å². The van der Waals surface area contributed by atoms with Crippen molar-refractivity contribution in [1.29, 1.82) is 0 Å². The molecule has 0 bridgehead atoms. The molecule has 0 radical (unpaired) electrons. The van der Waals surface area contributed by atoms with E-state index in [0.717, 1.165) is 11.0 Å². The van der Waals surface area contributed by atoms with Crippen LogP contribution in [0, 0.1) is 15.3 Å². The van der Waals surface area contributed by atoms with Crippen molar-refractivity contribution in [3.8, 4) is 0 Å². The largest absolute Gasteiger partial charge is 0.356 e. The average molecular weight is 212 g/mol. The highest BCUT2D eigenvalue weighted by Gasteiger charge is 2.13. The lowest BCUT2D eigenvalue weighted by molar-refractivity contribution is -0.402. The molecule has 0 fully saturated rings. The SMILES string of the molecule is CC[N+](C)(C)c1ccccc1.O=[N+]([O-])[O-]. The third-order valence-electron chi connectivity index (χ3n) is 2.25. The van der Waals surface area contributed by atoms with E-state index >= 15 is 0 Å². The first-order chi connectivity index (χ1) is 6.90. The standard InChI is InChI=1S/C10H16N.NO3/c1-4-11(2,3)10-8-6-5-7-9-10;2-1(3)4/h5-9H,4H2,1-3H3;/q+1;-1. The molecule has 0 aliphatic carbocycles. The van der Waals surface area contributed by atoms with E-state index in [9.17, 15) is 0 Å². The molecule has 0 atom stereocenters. The van der Waals surface area contributed by atoms with E-state index in [4.69, 9.17) is 15.3 Å². The van der Waals surface area contributed by atoms with E-state index in [1.165, 1.54) is 5.69 Å². The predicted molar refractivity (Wildman–Crippen MR) is 61.0 cm³/mol. The Morgan fingerprint density at radius 2 is 1.60 bits per heavy atom. The van der Waals surface area contributed by atoms with E-state index in [-0.39, 0.29) is 0 Å². The van der Waals surface area contributed by atoms with E-state index in [1.807, 2.05) is 0 Å². The Morgan fingerprint density at radius 3 is 1.93 bits per heavy atom. The molecule has 0 N–H and O–H groups in total. The molecule has 0 aliphatic heterocycles. The Labute approximate surface area is 89.3 Å². The van der Waals surface area contributed by atoms with Gasteiger partial charge in [-0.25, -0.2) is 0 Å². The minimum atomic E-state index is -1.75. The summed E-state index contributed by atoms with van der Waals surface area (Å²) >= 11 is 0. The summed E-state index contributed by atoms with van der Waals surface area (Å²) in [5.41, 5.74) is 1.37. The van der Waals surface area contributed by atoms with Gasteiger partial charge in [-0.1, -0.05) is 18.2 Å². The van der Waals surface area contributed by atoms with Gasteiger partial charge in [0.1, 0.15) is 5.69 Å². The molecule has 1 rings (SSSR count). The molecule has 5 heteroatoms. The van der Waals surface area contributed by atoms with Crippen molar-refractivity contribution in [1.82, 2.24) is 4.48 Å². The summed E-state index contributed by atoms with van der Waals surface area (Å²) in [6, 6.07) is 10.6. The first-order valence-electron chi connectivity index (χ1n) is 4.60. The summed E-state index contributed by atoms with van der Waals surface area (Å²) in [5.74, 6) is 0. The quantitative estimate of drug-likeness (QED) is 0.428. The van der Waals surface area contributed by atoms with Gasteiger partial charge in [0.25, 0.3) is 0 Å². The van der Waals surface area contributed by atoms with Crippen LogP contribution in [0.2, 0.25) is 0 Å². The zero-order chi connectivity index (χ0) is 11.9. The zero-order valence-electron chi connectivity index (χ0n) is 9.21. The normalized spacial score (nSPS) is 10.1. The third-order valence-corrected chi connectivity index (χ3v) is 2.25. The van der Waals surface area contributed by atoms with Crippen LogP contribution in [0.15, 0.2) is 30.3 Å². The van der Waals surface area contributed by atoms with Gasteiger partial charge in [0.05, 0.1) is 25.7 Å². The monoisotopic (exact) mass is 212 g/mol. The Morgan fingerprint density at radius 1 is 1.20 bits per heavy atom. The number of nitrogens with zero attached hydrogens (tertiary/aromatic N) is 2. The third kappa shape index (κ3) is 5.64. The number of para-hydroxylation sites is 1. The molecule has 1 aromatic rings. The molecule has 0 aliphatic rings. The summed E-state index contributed by atoms with van der Waals surface area (Å²) in [6.45, 7) is 3.33. The van der Waals surface area contributed by atoms with E-state index in [0.29, 0.717) is 0 Å². The van der Waals surface area contributed by atoms with Gasteiger partial charge in [-0.15, -0.1) is 0 Å². The molecule has 0 spiro atoms. The van der Waals surface area contributed by atoms with Crippen LogP contribution >= 0.6 is 0 Å². The van der Waals surface area contributed by atoms with Crippen molar-refractivity contribution in [2.75, 3.05) is 20.6 Å². The molecule has 5 nitrogen and oxygen atoms in total. The summed E-state index contributed by atoms with van der Waals surface area (Å²) in [4.78, 5) is 8.25. The molecule has 0 aromatic heterocycles. The van der Waals surface area contributed by atoms with Crippen molar-refractivity contribution in [3.05, 3.63) is 45.7 Å². The first-order valence-corrected chi connectivity index (χ1v) is 4.60. The van der Waals surface area contributed by atoms with Crippen LogP contribution < -0.4 is 4.48 Å². The van der Waals surface area contributed by atoms with Gasteiger partial charge in [0.15, 0.2) is 0 Å². The molecule has 0 unspecified atom stereocenters. The number of hydrogen-bond acceptors (Lipinski definition) is 3. The van der Waals surface area contributed by atoms with Crippen LogP contribution in [-0.2, 0) is 0 Å². The second-order valence-electron chi connectivity index (χ2n) is 3.56. The smallest absolute Gasteiger partial charge is 0.132 e. The van der Waals surface area contributed by atoms with Crippen molar-refractivity contribution in [2.24, 2.45) is 0 Å². The molecule has 0 saturated carbocycles. The van der Waals surface area contributed by atoms with Gasteiger partial charge < -0.3 is 15.3 Å². The average Bonchev–Trinajstić information content (AvgIpc) is 2.18. The Bertz CT molecular complexity index is 295. The molecule has 0 amide bonds. The highest BCUT2D eigenvalue weighted by molar-refractivity contribution is 5.40. The van der Waals surface area contributed by atoms with Gasteiger partial charge >= 0.3 is 0 Å². The molecule has 84 valence electrons. The fourth-order valence-corrected chi connectivity index (χ4v) is 1.01. The van der Waals surface area contributed by atoms with Gasteiger partial charge in [0.2, 0.25) is 0 Å². The highest BCUT2D eigenvalue weighted by atomic mass is 16.9. The fourth-order valence-electron chi connectivity index (χ4n) is 1.01. The first kappa shape index (κ1) is 13.4. The Hall–Kier alpha value is -1.62. The highest BCUT2D eigenvalue weighted by Crippen LogP contribution is 2.16. The van der Waals surface area contributed by atoms with Crippen LogP contribution in [0.5, 0.6) is 0 Å². The van der Waals surface area contributed by atoms with Crippen LogP contribution in [0.3, 0.4) is 0 Å². The molecular weight excluding hydrogens is 196 g/mol. The maximum absolute atomic E-state index is 8.25. The fraction of sp³-hybridized carbons (Fsp3) is 0.400. The van der Waals surface area contributed by atoms with Gasteiger partial charge in [-0.3, -0.25) is 4.48 Å². The van der Waals surface area contributed by atoms with Crippen molar-refractivity contribution < 1.29 is 5.09 Å². The van der Waals surface area contributed by atoms with Crippen molar-refractivity contribution >= 4 is 5.69 Å². The maximum Gasteiger partial charge on any atom is 0.132 e. The summed E-state index contributed by atoms with van der Waals surface area (Å²) in [6.07, 6.45) is 0. The summed E-state index contributed by atoms with van der Waals surface area (Å²) < 4.78 is 0.959. The molecule has 1 aromatic carbocycles. The predicted octanol–water partition coefficient (Wildman–Crippen LogP) is 2.03. The molecule has 0 saturated heterocycles. The number of rotatable bonds is 2. The number of hydrogen-bond donors (Lipinski definition) is 0. The Balaban J connectivity index is 0.000000423. The van der Waals surface area contributed by atoms with E-state index in [1.54, 1.807) is 0 Å². The van der Waals surface area contributed by atoms with E-state index < -0.39 is 5.09 Å². The summed E-state index contributed by atoms with van der Waals surface area (Å²) in [5, 5.41) is 14.8. The van der Waals surface area contributed by atoms with Crippen LogP contribution in [-0.4, -0.2) is 25.7 Å². The molecule has 0 heterocycles. The number of quaternary nitrogens is 1. The lowest BCUT2D eigenvalue weighted by Crippen LogP contribution is -2.39. The lowest BCUT2D eigenvalue weighted by atomic mass is 10.2. The minimum absolute atomic E-state index is 0.959. The second-order valence-corrected chi connectivity index (χ2v) is 3.56. The Kier molecular flexibility index (Phi) is 5.33. The number of benzene rings is 1. The zero-order valence-corrected chi connectivity index (χ0v) is 9.21. The van der Waals surface area contributed by atoms with Gasteiger partial charge in [-0.2, -0.15) is 0 Å². The van der Waals surface area contributed by atoms with E-state index in [2.05, 4.69) is 51.4 Å². The van der Waals surface area contributed by atoms with Crippen molar-refractivity contribution in [3.63, 3.8) is 0 Å². The topological polar surface area (TPSA) is 66.2 Å². The lowest BCUT2D eigenvalue weighted by Gasteiger charge is -2.27. The second kappa shape index (κ2) is 5.98. The molecular formula is C10H16N2O3. The summed E-state index contributed by atoms with van der Waals surface area (Å²) in [7, 11) is 4.44. The van der Waals surface area contributed by atoms with Crippen LogP contribution in [0.25, 0.3) is 0 Å². The van der Waals surface area contributed by atoms with Gasteiger partial charge in [0, 0.05) is 0 Å². The molecule has 15 heavy (non-hydrogen) atoms.